The van der Waals surface area contributed by atoms with E-state index in [0.29, 0.717) is 5.38 Å². The van der Waals surface area contributed by atoms with E-state index in [0.717, 1.165) is 64.1 Å². The largest absolute Gasteiger partial charge is 0.302 e. The number of benzene rings is 4. The molecule has 12 aliphatic heterocycles. The maximum atomic E-state index is 6.07. The van der Waals surface area contributed by atoms with Gasteiger partial charge in [-0.05, 0) is 176 Å². The normalized spacial score (nSPS) is 26.1. The summed E-state index contributed by atoms with van der Waals surface area (Å²) in [5.74, 6) is 3.76. The number of alkyl halides is 1. The highest BCUT2D eigenvalue weighted by atomic mass is 35.5. The fourth-order valence-electron chi connectivity index (χ4n) is 10.5. The molecule has 4 atom stereocenters. The lowest BCUT2D eigenvalue weighted by atomic mass is 9.12. The number of rotatable bonds is 7. The van der Waals surface area contributed by atoms with Crippen LogP contribution in [0.25, 0.3) is 0 Å². The molecule has 0 amide bonds. The fourth-order valence-corrected chi connectivity index (χ4v) is 15.3. The predicted molar refractivity (Wildman–Crippen MR) is 392 cm³/mol. The van der Waals surface area contributed by atoms with Crippen LogP contribution in [0.1, 0.15) is 154 Å². The molecule has 8 bridgehead atoms. The molecule has 12 saturated heterocycles. The molecule has 83 heavy (non-hydrogen) atoms. The monoisotopic (exact) mass is 1250 g/mol. The van der Waals surface area contributed by atoms with Crippen LogP contribution in [0.15, 0.2) is 141 Å². The Balaban J connectivity index is 0.000000946. The molecule has 4 nitrogen and oxygen atoms in total. The second kappa shape index (κ2) is 52.7. The van der Waals surface area contributed by atoms with Gasteiger partial charge in [-0.1, -0.05) is 202 Å². The zero-order valence-corrected chi connectivity index (χ0v) is 60.7. The topological polar surface area (TPSA) is 13.0 Å². The van der Waals surface area contributed by atoms with Crippen LogP contribution in [0.5, 0.6) is 0 Å². The number of thioether (sulfide) groups is 3. The lowest BCUT2D eigenvalue weighted by Gasteiger charge is -2.44. The Hall–Kier alpha value is -1.17. The third-order valence-electron chi connectivity index (χ3n) is 15.5. The number of fused-ring (bicyclic) bond motifs is 12. The van der Waals surface area contributed by atoms with Gasteiger partial charge >= 0.3 is 0 Å². The van der Waals surface area contributed by atoms with Crippen molar-refractivity contribution in [2.75, 3.05) is 78.5 Å². The molecule has 0 aliphatic carbocycles. The SMILES string of the molecule is CB(C)B(C)C.CC.CC.CC.CCC.CCC.CCC.Cl.ClC1CN2CCC1CC2.Sc1ccccc1.c1ccc(S[C@H]2CN3CCC2CC3)cc1.c1ccc(S[C@H]2CN3CCC2CC3)cc1.c1ccc(S[C@H]2CN3CCC2CC3)cc1. The molecule has 12 heteroatoms. The lowest BCUT2D eigenvalue weighted by molar-refractivity contribution is 0.116. The van der Waals surface area contributed by atoms with Crippen LogP contribution in [-0.2, 0) is 0 Å². The summed E-state index contributed by atoms with van der Waals surface area (Å²) in [6.07, 6.45) is 15.0. The smallest absolute Gasteiger partial charge is 0.102 e. The van der Waals surface area contributed by atoms with E-state index in [-0.39, 0.29) is 12.4 Å². The first kappa shape index (κ1) is 81.8. The average Bonchev–Trinajstić information content (AvgIpc) is 3.61. The fraction of sp³-hybridized carbons (Fsp3) is 0.662. The van der Waals surface area contributed by atoms with Crippen LogP contribution in [-0.4, -0.2) is 132 Å². The van der Waals surface area contributed by atoms with Gasteiger partial charge in [0.2, 0.25) is 0 Å². The third kappa shape index (κ3) is 35.6. The van der Waals surface area contributed by atoms with Crippen molar-refractivity contribution in [3.05, 3.63) is 121 Å². The van der Waals surface area contributed by atoms with Crippen LogP contribution in [0, 0.1) is 23.7 Å². The van der Waals surface area contributed by atoms with Gasteiger partial charge in [0.05, 0.1) is 0 Å². The summed E-state index contributed by atoms with van der Waals surface area (Å²) in [6.45, 7) is 51.2. The van der Waals surface area contributed by atoms with Crippen molar-refractivity contribution in [2.24, 2.45) is 23.7 Å². The van der Waals surface area contributed by atoms with E-state index in [2.05, 4.69) is 227 Å². The molecule has 12 fully saturated rings. The minimum absolute atomic E-state index is 0. The highest BCUT2D eigenvalue weighted by Crippen LogP contribution is 2.41. The molecule has 1 unspecified atom stereocenters. The number of thiol groups is 1. The van der Waals surface area contributed by atoms with E-state index in [1.807, 2.05) is 71.9 Å². The van der Waals surface area contributed by atoms with Crippen LogP contribution in [0.4, 0.5) is 0 Å². The maximum Gasteiger partial charge on any atom is 0.102 e. The highest BCUT2D eigenvalue weighted by Gasteiger charge is 2.37. The highest BCUT2D eigenvalue weighted by molar-refractivity contribution is 8.00. The Labute approximate surface area is 545 Å². The first-order valence-electron chi connectivity index (χ1n) is 33.3. The van der Waals surface area contributed by atoms with Crippen LogP contribution in [0.2, 0.25) is 27.3 Å². The summed E-state index contributed by atoms with van der Waals surface area (Å²) in [6, 6.07) is 42.4. The summed E-state index contributed by atoms with van der Waals surface area (Å²) >= 11 is 16.4. The zero-order chi connectivity index (χ0) is 60.9. The first-order chi connectivity index (χ1) is 39.9. The zero-order valence-electron chi connectivity index (χ0n) is 55.8. The predicted octanol–water partition coefficient (Wildman–Crippen LogP) is 21.2. The third-order valence-corrected chi connectivity index (χ3v) is 20.5. The Morgan fingerprint density at radius 3 is 0.711 bits per heavy atom. The van der Waals surface area contributed by atoms with Crippen molar-refractivity contribution in [1.29, 1.82) is 0 Å². The Morgan fingerprint density at radius 1 is 0.373 bits per heavy atom. The van der Waals surface area contributed by atoms with Gasteiger partial charge in [0.25, 0.3) is 0 Å². The standard InChI is InChI=1S/3C13H17NS.C7H12ClN.C6H6S.C4H12B2.3C3H8.3C2H6.ClH/c3*1-2-4-12(5-3-1)15-13-10-14-8-6-11(13)7-9-14;8-7-5-9-3-1-6(7)2-4-9;7-6-4-2-1-3-5-6;1-5(2)6(3)4;3*1-3-2;3*1-2;/h3*1-5,11,13H,6-10H2;6-7H,1-5H2;1-5,7H;1-4H3;3*3H2,1-2H3;3*1-2H3;1H/t3*13-;;;;;;;;;;/m000........../s1. The van der Waals surface area contributed by atoms with Crippen molar-refractivity contribution in [3.63, 3.8) is 0 Å². The van der Waals surface area contributed by atoms with E-state index < -0.39 is 0 Å². The Bertz CT molecular complexity index is 1800. The van der Waals surface area contributed by atoms with Gasteiger partial charge in [-0.3, -0.25) is 0 Å². The molecule has 12 heterocycles. The quantitative estimate of drug-likeness (QED) is 0.111. The summed E-state index contributed by atoms with van der Waals surface area (Å²) in [5, 5.41) is 2.99. The van der Waals surface area contributed by atoms with Gasteiger partial charge in [0, 0.05) is 66.9 Å². The van der Waals surface area contributed by atoms with Crippen LogP contribution >= 0.6 is 71.9 Å². The summed E-state index contributed by atoms with van der Waals surface area (Å²) in [5.41, 5.74) is 0. The Morgan fingerprint density at radius 2 is 0.578 bits per heavy atom. The van der Waals surface area contributed by atoms with Gasteiger partial charge in [-0.2, -0.15) is 0 Å². The molecule has 0 aromatic heterocycles. The van der Waals surface area contributed by atoms with E-state index in [9.17, 15) is 0 Å². The minimum Gasteiger partial charge on any atom is -0.302 e. The molecule has 4 aromatic rings. The van der Waals surface area contributed by atoms with Gasteiger partial charge in [0.15, 0.2) is 0 Å². The van der Waals surface area contributed by atoms with Crippen LogP contribution in [0.3, 0.4) is 0 Å². The first-order valence-corrected chi connectivity index (χ1v) is 36.8. The molecule has 0 saturated carbocycles. The number of piperidine rings is 12. The number of hydrogen-bond acceptors (Lipinski definition) is 8. The van der Waals surface area contributed by atoms with E-state index >= 15 is 0 Å². The van der Waals surface area contributed by atoms with Crippen LogP contribution < -0.4 is 0 Å². The molecular weight excluding hydrogens is 1130 g/mol. The molecule has 16 rings (SSSR count). The molecule has 0 N–H and O–H groups in total. The second-order valence-corrected chi connectivity index (χ2v) is 27.9. The number of hydrogen-bond donors (Lipinski definition) is 1. The summed E-state index contributed by atoms with van der Waals surface area (Å²) < 4.78 is 0. The van der Waals surface area contributed by atoms with Crippen molar-refractivity contribution in [3.8, 4) is 0 Å². The van der Waals surface area contributed by atoms with Crippen molar-refractivity contribution in [2.45, 2.75) is 222 Å². The van der Waals surface area contributed by atoms with Gasteiger partial charge in [0.1, 0.15) is 13.2 Å². The molecule has 0 spiro atoms. The average molecular weight is 1250 g/mol. The number of halogens is 2. The Kier molecular flexibility index (Phi) is 52.0. The van der Waals surface area contributed by atoms with Crippen molar-refractivity contribution >= 4 is 85.1 Å². The van der Waals surface area contributed by atoms with Gasteiger partial charge in [-0.25, -0.2) is 0 Å². The second-order valence-electron chi connectivity index (χ2n) is 22.9. The van der Waals surface area contributed by atoms with E-state index in [1.54, 1.807) is 0 Å². The molecule has 0 radical (unpaired) electrons. The van der Waals surface area contributed by atoms with E-state index in [1.165, 1.54) is 157 Å². The summed E-state index contributed by atoms with van der Waals surface area (Å²) in [7, 11) is 0. The molecule has 12 aliphatic rings. The molecule has 472 valence electrons. The minimum atomic E-state index is 0. The summed E-state index contributed by atoms with van der Waals surface area (Å²) in [4.78, 5) is 15.7. The van der Waals surface area contributed by atoms with E-state index in [4.69, 9.17) is 11.6 Å². The van der Waals surface area contributed by atoms with Crippen molar-refractivity contribution in [1.82, 2.24) is 19.6 Å². The lowest BCUT2D eigenvalue weighted by Crippen LogP contribution is -2.48. The number of nitrogens with zero attached hydrogens (tertiary/aromatic N) is 4. The molecule has 4 aromatic carbocycles. The maximum absolute atomic E-state index is 6.07. The van der Waals surface area contributed by atoms with Gasteiger partial charge < -0.3 is 19.6 Å². The van der Waals surface area contributed by atoms with Crippen molar-refractivity contribution < 1.29 is 0 Å². The molecular formula is C71H124B2Cl2N4S4. The van der Waals surface area contributed by atoms with Gasteiger partial charge in [-0.15, -0.1) is 71.9 Å².